The van der Waals surface area contributed by atoms with Gasteiger partial charge in [0.05, 0.1) is 6.61 Å². The molecule has 6 heteroatoms. The normalized spacial score (nSPS) is 12.0. The minimum Gasteiger partial charge on any atom is -0.383 e. The van der Waals surface area contributed by atoms with Gasteiger partial charge in [-0.05, 0) is 20.8 Å². The second-order valence-corrected chi connectivity index (χ2v) is 4.09. The van der Waals surface area contributed by atoms with Gasteiger partial charge in [-0.15, -0.1) is 0 Å². The molecule has 0 saturated carbocycles. The van der Waals surface area contributed by atoms with Gasteiger partial charge >= 0.3 is 0 Å². The summed E-state index contributed by atoms with van der Waals surface area (Å²) in [5, 5.41) is 5.81. The van der Waals surface area contributed by atoms with E-state index in [1.165, 1.54) is 0 Å². The first kappa shape index (κ1) is 14.4. The van der Waals surface area contributed by atoms with Crippen LogP contribution in [0, 0.1) is 13.8 Å². The van der Waals surface area contributed by atoms with Crippen molar-refractivity contribution in [3.63, 3.8) is 0 Å². The summed E-state index contributed by atoms with van der Waals surface area (Å²) in [6.07, 6.45) is 0. The molecular weight excluding hydrogens is 232 g/mol. The van der Waals surface area contributed by atoms with Crippen LogP contribution < -0.4 is 10.6 Å². The molecule has 1 heterocycles. The summed E-state index contributed by atoms with van der Waals surface area (Å²) in [6.45, 7) is 6.51. The molecule has 1 aromatic heterocycles. The zero-order valence-electron chi connectivity index (χ0n) is 11.3. The fraction of sp³-hybridized carbons (Fsp3) is 0.583. The summed E-state index contributed by atoms with van der Waals surface area (Å²) in [5.74, 6) is 1.26. The molecule has 1 aromatic rings. The van der Waals surface area contributed by atoms with Crippen molar-refractivity contribution >= 4 is 11.7 Å². The van der Waals surface area contributed by atoms with Gasteiger partial charge in [-0.3, -0.25) is 4.79 Å². The summed E-state index contributed by atoms with van der Waals surface area (Å²) in [7, 11) is 1.60. The molecule has 0 saturated heterocycles. The molecule has 0 aliphatic carbocycles. The summed E-state index contributed by atoms with van der Waals surface area (Å²) >= 11 is 0. The zero-order chi connectivity index (χ0) is 13.5. The summed E-state index contributed by atoms with van der Waals surface area (Å²) in [4.78, 5) is 20.1. The second-order valence-electron chi connectivity index (χ2n) is 4.09. The lowest BCUT2D eigenvalue weighted by atomic mass is 10.3. The average molecular weight is 252 g/mol. The third-order valence-electron chi connectivity index (χ3n) is 2.33. The van der Waals surface area contributed by atoms with Crippen molar-refractivity contribution in [2.75, 3.05) is 25.6 Å². The lowest BCUT2D eigenvalue weighted by Gasteiger charge is -2.15. The van der Waals surface area contributed by atoms with E-state index in [1.54, 1.807) is 14.0 Å². The molecule has 0 aromatic carbocycles. The molecule has 0 fully saturated rings. The molecule has 1 rings (SSSR count). The van der Waals surface area contributed by atoms with Crippen molar-refractivity contribution in [3.05, 3.63) is 17.6 Å². The van der Waals surface area contributed by atoms with Gasteiger partial charge in [-0.1, -0.05) is 0 Å². The van der Waals surface area contributed by atoms with Crippen LogP contribution in [0.25, 0.3) is 0 Å². The smallest absolute Gasteiger partial charge is 0.242 e. The number of nitrogens with zero attached hydrogens (tertiary/aromatic N) is 2. The van der Waals surface area contributed by atoms with Crippen molar-refractivity contribution in [2.24, 2.45) is 0 Å². The van der Waals surface area contributed by atoms with Gasteiger partial charge < -0.3 is 15.4 Å². The molecule has 6 nitrogen and oxygen atoms in total. The molecule has 0 bridgehead atoms. The molecule has 1 atom stereocenters. The maximum absolute atomic E-state index is 11.7. The van der Waals surface area contributed by atoms with Gasteiger partial charge in [0.1, 0.15) is 17.7 Å². The van der Waals surface area contributed by atoms with Crippen LogP contribution in [0.4, 0.5) is 5.82 Å². The SMILES string of the molecule is COCCNC(=O)C(C)Nc1cc(C)nc(C)n1. The Bertz CT molecular complexity index is 389. The highest BCUT2D eigenvalue weighted by atomic mass is 16.5. The second kappa shape index (κ2) is 6.90. The first-order chi connectivity index (χ1) is 8.52. The standard InChI is InChI=1S/C12H20N4O2/c1-8-7-11(16-10(3)14-8)15-9(2)12(17)13-5-6-18-4/h7,9H,5-6H2,1-4H3,(H,13,17)(H,14,15,16). The van der Waals surface area contributed by atoms with Crippen LogP contribution >= 0.6 is 0 Å². The predicted molar refractivity (Wildman–Crippen MR) is 69.5 cm³/mol. The number of aryl methyl sites for hydroxylation is 2. The van der Waals surface area contributed by atoms with E-state index in [9.17, 15) is 4.79 Å². The van der Waals surface area contributed by atoms with Gasteiger partial charge in [0.2, 0.25) is 5.91 Å². The van der Waals surface area contributed by atoms with Crippen molar-refractivity contribution < 1.29 is 9.53 Å². The largest absolute Gasteiger partial charge is 0.383 e. The quantitative estimate of drug-likeness (QED) is 0.727. The van der Waals surface area contributed by atoms with E-state index >= 15 is 0 Å². The Morgan fingerprint density at radius 2 is 2.17 bits per heavy atom. The van der Waals surface area contributed by atoms with Crippen molar-refractivity contribution in [3.8, 4) is 0 Å². The highest BCUT2D eigenvalue weighted by Crippen LogP contribution is 2.07. The molecule has 0 aliphatic rings. The van der Waals surface area contributed by atoms with E-state index in [4.69, 9.17) is 4.74 Å². The number of ether oxygens (including phenoxy) is 1. The Morgan fingerprint density at radius 1 is 1.44 bits per heavy atom. The molecule has 1 unspecified atom stereocenters. The molecule has 100 valence electrons. The number of aromatic nitrogens is 2. The van der Waals surface area contributed by atoms with Gasteiger partial charge in [0.15, 0.2) is 0 Å². The molecule has 2 N–H and O–H groups in total. The third kappa shape index (κ3) is 4.67. The Morgan fingerprint density at radius 3 is 2.78 bits per heavy atom. The Balaban J connectivity index is 2.52. The summed E-state index contributed by atoms with van der Waals surface area (Å²) < 4.78 is 4.87. The van der Waals surface area contributed by atoms with Crippen molar-refractivity contribution in [1.82, 2.24) is 15.3 Å². The van der Waals surface area contributed by atoms with Gasteiger partial charge in [-0.25, -0.2) is 9.97 Å². The van der Waals surface area contributed by atoms with Crippen LogP contribution in [0.3, 0.4) is 0 Å². The van der Waals surface area contributed by atoms with E-state index in [2.05, 4.69) is 20.6 Å². The number of hydrogen-bond acceptors (Lipinski definition) is 5. The number of nitrogens with one attached hydrogen (secondary N) is 2. The fourth-order valence-corrected chi connectivity index (χ4v) is 1.51. The molecule has 0 radical (unpaired) electrons. The van der Waals surface area contributed by atoms with Crippen LogP contribution in [0.1, 0.15) is 18.4 Å². The van der Waals surface area contributed by atoms with E-state index < -0.39 is 0 Å². The maximum atomic E-state index is 11.7. The minimum absolute atomic E-state index is 0.0824. The number of methoxy groups -OCH3 is 1. The first-order valence-corrected chi connectivity index (χ1v) is 5.88. The minimum atomic E-state index is -0.351. The molecule has 18 heavy (non-hydrogen) atoms. The number of amides is 1. The lowest BCUT2D eigenvalue weighted by Crippen LogP contribution is -2.39. The highest BCUT2D eigenvalue weighted by Gasteiger charge is 2.12. The van der Waals surface area contributed by atoms with Gasteiger partial charge in [0, 0.05) is 25.4 Å². The molecule has 0 aliphatic heterocycles. The van der Waals surface area contributed by atoms with Crippen LogP contribution in [0.5, 0.6) is 0 Å². The highest BCUT2D eigenvalue weighted by molar-refractivity contribution is 5.83. The number of carbonyl (C=O) groups is 1. The van der Waals surface area contributed by atoms with Crippen LogP contribution in [0.15, 0.2) is 6.07 Å². The van der Waals surface area contributed by atoms with Crippen LogP contribution in [-0.4, -0.2) is 42.2 Å². The Labute approximate surface area is 107 Å². The zero-order valence-corrected chi connectivity index (χ0v) is 11.3. The Hall–Kier alpha value is -1.69. The lowest BCUT2D eigenvalue weighted by molar-refractivity contribution is -0.121. The fourth-order valence-electron chi connectivity index (χ4n) is 1.51. The molecule has 1 amide bonds. The van der Waals surface area contributed by atoms with Crippen molar-refractivity contribution in [2.45, 2.75) is 26.8 Å². The topological polar surface area (TPSA) is 76.1 Å². The van der Waals surface area contributed by atoms with Gasteiger partial charge in [0.25, 0.3) is 0 Å². The number of carbonyl (C=O) groups excluding carboxylic acids is 1. The van der Waals surface area contributed by atoms with E-state index in [-0.39, 0.29) is 11.9 Å². The molecular formula is C12H20N4O2. The van der Waals surface area contributed by atoms with Crippen LogP contribution in [-0.2, 0) is 9.53 Å². The monoisotopic (exact) mass is 252 g/mol. The van der Waals surface area contributed by atoms with E-state index in [1.807, 2.05) is 19.9 Å². The van der Waals surface area contributed by atoms with E-state index in [0.29, 0.717) is 24.8 Å². The Kier molecular flexibility index (Phi) is 5.51. The summed E-state index contributed by atoms with van der Waals surface area (Å²) in [5.41, 5.74) is 0.872. The number of hydrogen-bond donors (Lipinski definition) is 2. The molecule has 0 spiro atoms. The summed E-state index contributed by atoms with van der Waals surface area (Å²) in [6, 6.07) is 1.46. The number of rotatable bonds is 6. The maximum Gasteiger partial charge on any atom is 0.242 e. The van der Waals surface area contributed by atoms with Crippen LogP contribution in [0.2, 0.25) is 0 Å². The third-order valence-corrected chi connectivity index (χ3v) is 2.33. The first-order valence-electron chi connectivity index (χ1n) is 5.88. The van der Waals surface area contributed by atoms with E-state index in [0.717, 1.165) is 5.69 Å². The predicted octanol–water partition coefficient (Wildman–Crippen LogP) is 0.656. The van der Waals surface area contributed by atoms with Crippen molar-refractivity contribution in [1.29, 1.82) is 0 Å². The van der Waals surface area contributed by atoms with Gasteiger partial charge in [-0.2, -0.15) is 0 Å². The average Bonchev–Trinajstić information content (AvgIpc) is 2.27. The number of anilines is 1.